The van der Waals surface area contributed by atoms with E-state index in [1.807, 2.05) is 0 Å². The summed E-state index contributed by atoms with van der Waals surface area (Å²) in [6, 6.07) is 0. The molecular formula is C11H20BBr. The van der Waals surface area contributed by atoms with Crippen molar-refractivity contribution in [1.29, 1.82) is 0 Å². The second kappa shape index (κ2) is 3.80. The Labute approximate surface area is 91.7 Å². The SMILES string of the molecule is BC1CC(C(C)(C)C)CC(Br)C1=C. The molecule has 2 heteroatoms. The quantitative estimate of drug-likeness (QED) is 0.348. The van der Waals surface area contributed by atoms with Crippen molar-refractivity contribution < 1.29 is 0 Å². The van der Waals surface area contributed by atoms with Crippen molar-refractivity contribution in [2.75, 3.05) is 0 Å². The van der Waals surface area contributed by atoms with E-state index in [9.17, 15) is 0 Å². The van der Waals surface area contributed by atoms with Gasteiger partial charge in [0.25, 0.3) is 0 Å². The predicted molar refractivity (Wildman–Crippen MR) is 66.3 cm³/mol. The normalized spacial score (nSPS) is 36.3. The van der Waals surface area contributed by atoms with E-state index in [0.717, 1.165) is 5.92 Å². The zero-order valence-electron chi connectivity index (χ0n) is 9.23. The first-order valence-corrected chi connectivity index (χ1v) is 6.06. The Bertz CT molecular complexity index is 191. The highest BCUT2D eigenvalue weighted by Gasteiger charge is 2.34. The van der Waals surface area contributed by atoms with Crippen molar-refractivity contribution in [2.24, 2.45) is 11.3 Å². The van der Waals surface area contributed by atoms with E-state index in [1.54, 1.807) is 0 Å². The molecule has 0 aromatic heterocycles. The van der Waals surface area contributed by atoms with Gasteiger partial charge in [-0.25, -0.2) is 0 Å². The van der Waals surface area contributed by atoms with E-state index in [4.69, 9.17) is 0 Å². The minimum atomic E-state index is 0.445. The Morgan fingerprint density at radius 2 is 1.92 bits per heavy atom. The fraction of sp³-hybridized carbons (Fsp3) is 0.818. The van der Waals surface area contributed by atoms with Gasteiger partial charge >= 0.3 is 0 Å². The second-order valence-corrected chi connectivity index (χ2v) is 6.58. The van der Waals surface area contributed by atoms with Gasteiger partial charge in [-0.15, -0.1) is 0 Å². The molecule has 0 aromatic rings. The molecule has 0 heterocycles. The molecule has 0 aliphatic heterocycles. The Morgan fingerprint density at radius 1 is 1.38 bits per heavy atom. The zero-order chi connectivity index (χ0) is 10.2. The van der Waals surface area contributed by atoms with Crippen LogP contribution in [0.4, 0.5) is 0 Å². The summed E-state index contributed by atoms with van der Waals surface area (Å²) in [6.45, 7) is 11.2. The van der Waals surface area contributed by atoms with Gasteiger partial charge in [0.15, 0.2) is 0 Å². The number of hydrogen-bond donors (Lipinski definition) is 0. The third-order valence-electron chi connectivity index (χ3n) is 3.39. The maximum Gasteiger partial charge on any atom is 0.110 e. The number of allylic oxidation sites excluding steroid dienone is 1. The standard InChI is InChI=1S/C11H20BBr/c1-7-9(12)5-8(6-10(7)13)11(2,3)4/h8-10H,1,5-6,12H2,2-4H3. The van der Waals surface area contributed by atoms with Gasteiger partial charge in [-0.05, 0) is 23.6 Å². The number of alkyl halides is 1. The molecule has 1 aliphatic rings. The van der Waals surface area contributed by atoms with Crippen LogP contribution in [-0.2, 0) is 0 Å². The van der Waals surface area contributed by atoms with Crippen LogP contribution in [-0.4, -0.2) is 12.7 Å². The fourth-order valence-electron chi connectivity index (χ4n) is 2.09. The summed E-state index contributed by atoms with van der Waals surface area (Å²) in [5, 5.41) is 0. The number of halogens is 1. The van der Waals surface area contributed by atoms with Crippen LogP contribution in [0.25, 0.3) is 0 Å². The molecule has 0 N–H and O–H groups in total. The molecule has 74 valence electrons. The van der Waals surface area contributed by atoms with Crippen LogP contribution in [0, 0.1) is 11.3 Å². The van der Waals surface area contributed by atoms with Crippen LogP contribution in [0.3, 0.4) is 0 Å². The van der Waals surface area contributed by atoms with E-state index in [2.05, 4.69) is 51.1 Å². The van der Waals surface area contributed by atoms with Crippen molar-refractivity contribution in [2.45, 2.75) is 44.3 Å². The molecule has 1 aliphatic carbocycles. The highest BCUT2D eigenvalue weighted by Crippen LogP contribution is 2.45. The topological polar surface area (TPSA) is 0 Å². The summed E-state index contributed by atoms with van der Waals surface area (Å²) in [5.74, 6) is 1.51. The molecular weight excluding hydrogens is 223 g/mol. The highest BCUT2D eigenvalue weighted by molar-refractivity contribution is 9.09. The lowest BCUT2D eigenvalue weighted by Crippen LogP contribution is -2.30. The Balaban J connectivity index is 2.69. The molecule has 1 saturated carbocycles. The predicted octanol–water partition coefficient (Wildman–Crippen LogP) is 3.18. The number of hydrogen-bond acceptors (Lipinski definition) is 0. The van der Waals surface area contributed by atoms with Gasteiger partial charge in [0.05, 0.1) is 0 Å². The Kier molecular flexibility index (Phi) is 3.32. The summed E-state index contributed by atoms with van der Waals surface area (Å²) in [7, 11) is 2.30. The van der Waals surface area contributed by atoms with Gasteiger partial charge in [0, 0.05) is 4.83 Å². The van der Waals surface area contributed by atoms with Gasteiger partial charge in [0.1, 0.15) is 7.85 Å². The Morgan fingerprint density at radius 3 is 2.31 bits per heavy atom. The molecule has 0 saturated heterocycles. The van der Waals surface area contributed by atoms with Gasteiger partial charge in [-0.1, -0.05) is 55.3 Å². The lowest BCUT2D eigenvalue weighted by molar-refractivity contribution is 0.201. The third kappa shape index (κ3) is 2.62. The maximum atomic E-state index is 4.15. The molecule has 3 unspecified atom stereocenters. The Hall–Kier alpha value is 0.285. The molecule has 0 amide bonds. The van der Waals surface area contributed by atoms with Crippen molar-refractivity contribution >= 4 is 23.8 Å². The van der Waals surface area contributed by atoms with Gasteiger partial charge in [0.2, 0.25) is 0 Å². The lowest BCUT2D eigenvalue weighted by atomic mass is 9.62. The van der Waals surface area contributed by atoms with E-state index in [1.165, 1.54) is 18.4 Å². The van der Waals surface area contributed by atoms with Crippen LogP contribution in [0.1, 0.15) is 33.6 Å². The summed E-state index contributed by atoms with van der Waals surface area (Å²) in [4.78, 5) is 0.542. The van der Waals surface area contributed by atoms with E-state index < -0.39 is 0 Å². The smallest absolute Gasteiger partial charge is 0.0992 e. The van der Waals surface area contributed by atoms with E-state index in [-0.39, 0.29) is 0 Å². The van der Waals surface area contributed by atoms with Crippen molar-refractivity contribution in [3.63, 3.8) is 0 Å². The van der Waals surface area contributed by atoms with Crippen LogP contribution >= 0.6 is 15.9 Å². The molecule has 13 heavy (non-hydrogen) atoms. The zero-order valence-corrected chi connectivity index (χ0v) is 10.8. The van der Waals surface area contributed by atoms with E-state index in [0.29, 0.717) is 16.1 Å². The van der Waals surface area contributed by atoms with Crippen LogP contribution in [0.15, 0.2) is 12.2 Å². The molecule has 0 bridgehead atoms. The first kappa shape index (κ1) is 11.4. The summed E-state index contributed by atoms with van der Waals surface area (Å²) in [5.41, 5.74) is 1.83. The minimum absolute atomic E-state index is 0.445. The average Bonchev–Trinajstić information content (AvgIpc) is 1.97. The lowest BCUT2D eigenvalue weighted by Gasteiger charge is -2.40. The van der Waals surface area contributed by atoms with Crippen LogP contribution < -0.4 is 0 Å². The fourth-order valence-corrected chi connectivity index (χ4v) is 2.99. The van der Waals surface area contributed by atoms with Crippen molar-refractivity contribution in [3.8, 4) is 0 Å². The first-order valence-electron chi connectivity index (χ1n) is 5.15. The average molecular weight is 243 g/mol. The van der Waals surface area contributed by atoms with Crippen molar-refractivity contribution in [3.05, 3.63) is 12.2 Å². The number of rotatable bonds is 0. The molecule has 0 aromatic carbocycles. The molecule has 3 atom stereocenters. The second-order valence-electron chi connectivity index (χ2n) is 5.48. The van der Waals surface area contributed by atoms with Gasteiger partial charge < -0.3 is 0 Å². The largest absolute Gasteiger partial charge is 0.110 e. The van der Waals surface area contributed by atoms with Gasteiger partial charge in [-0.2, -0.15) is 0 Å². The summed E-state index contributed by atoms with van der Waals surface area (Å²) >= 11 is 3.73. The monoisotopic (exact) mass is 242 g/mol. The summed E-state index contributed by atoms with van der Waals surface area (Å²) < 4.78 is 0. The van der Waals surface area contributed by atoms with Gasteiger partial charge in [-0.3, -0.25) is 0 Å². The van der Waals surface area contributed by atoms with Crippen molar-refractivity contribution in [1.82, 2.24) is 0 Å². The third-order valence-corrected chi connectivity index (χ3v) is 4.35. The summed E-state index contributed by atoms with van der Waals surface area (Å²) in [6.07, 6.45) is 2.57. The molecule has 0 spiro atoms. The maximum absolute atomic E-state index is 4.15. The van der Waals surface area contributed by atoms with Crippen LogP contribution in [0.2, 0.25) is 5.82 Å². The van der Waals surface area contributed by atoms with E-state index >= 15 is 0 Å². The molecule has 0 radical (unpaired) electrons. The van der Waals surface area contributed by atoms with Crippen LogP contribution in [0.5, 0.6) is 0 Å². The highest BCUT2D eigenvalue weighted by atomic mass is 79.9. The first-order chi connectivity index (χ1) is 5.82. The molecule has 1 rings (SSSR count). The molecule has 0 nitrogen and oxygen atoms in total. The molecule has 1 fully saturated rings. The minimum Gasteiger partial charge on any atom is -0.0992 e.